The van der Waals surface area contributed by atoms with E-state index in [0.717, 1.165) is 45.1 Å². The largest absolute Gasteiger partial charge is 0.318 e. The van der Waals surface area contributed by atoms with Gasteiger partial charge < -0.3 is 16.0 Å². The van der Waals surface area contributed by atoms with Crippen molar-refractivity contribution in [3.63, 3.8) is 0 Å². The van der Waals surface area contributed by atoms with Gasteiger partial charge in [0.25, 0.3) is 0 Å². The summed E-state index contributed by atoms with van der Waals surface area (Å²) in [6.45, 7) is 10.8. The fraction of sp³-hybridized carbons (Fsp3) is 1.00. The van der Waals surface area contributed by atoms with Crippen LogP contribution in [0, 0.1) is 0 Å². The molecule has 0 aliphatic heterocycles. The molecule has 0 saturated heterocycles. The van der Waals surface area contributed by atoms with Gasteiger partial charge in [-0.3, -0.25) is 4.90 Å². The number of thiol groups is 1. The first kappa shape index (κ1) is 16.2. The highest BCUT2D eigenvalue weighted by Gasteiger charge is 2.03. The molecular formula is C11H28N4S. The number of rotatable bonds is 11. The third-order valence-corrected chi connectivity index (χ3v) is 2.60. The first-order chi connectivity index (χ1) is 7.70. The van der Waals surface area contributed by atoms with Crippen molar-refractivity contribution in [2.24, 2.45) is 0 Å². The summed E-state index contributed by atoms with van der Waals surface area (Å²) >= 11 is 4.14. The normalized spacial score (nSPS) is 11.6. The van der Waals surface area contributed by atoms with E-state index < -0.39 is 0 Å². The Balaban J connectivity index is 3.62. The minimum atomic E-state index is 0.571. The lowest BCUT2D eigenvalue weighted by molar-refractivity contribution is 0.273. The molecule has 0 bridgehead atoms. The monoisotopic (exact) mass is 248 g/mol. The molecule has 4 nitrogen and oxygen atoms in total. The van der Waals surface area contributed by atoms with Crippen molar-refractivity contribution in [2.75, 3.05) is 52.2 Å². The van der Waals surface area contributed by atoms with Crippen LogP contribution in [0.1, 0.15) is 13.8 Å². The fourth-order valence-corrected chi connectivity index (χ4v) is 1.59. The SMILES string of the molecule is CNCCN(CCNCS)CCNC(C)C. The van der Waals surface area contributed by atoms with E-state index in [1.807, 2.05) is 7.05 Å². The number of hydrogen-bond donors (Lipinski definition) is 4. The maximum absolute atomic E-state index is 4.14. The zero-order chi connectivity index (χ0) is 12.2. The summed E-state index contributed by atoms with van der Waals surface area (Å²) in [7, 11) is 2.00. The Morgan fingerprint density at radius 3 is 2.25 bits per heavy atom. The zero-order valence-electron chi connectivity index (χ0n) is 10.9. The summed E-state index contributed by atoms with van der Waals surface area (Å²) in [6, 6.07) is 0.571. The van der Waals surface area contributed by atoms with Gasteiger partial charge in [-0.1, -0.05) is 13.8 Å². The van der Waals surface area contributed by atoms with E-state index in [1.165, 1.54) is 0 Å². The van der Waals surface area contributed by atoms with E-state index in [-0.39, 0.29) is 0 Å². The molecule has 0 spiro atoms. The second-order valence-corrected chi connectivity index (χ2v) is 4.53. The molecular weight excluding hydrogens is 220 g/mol. The highest BCUT2D eigenvalue weighted by atomic mass is 32.1. The molecule has 0 aromatic rings. The number of hydrogen-bond acceptors (Lipinski definition) is 5. The number of likely N-dealkylation sites (N-methyl/N-ethyl adjacent to an activating group) is 1. The summed E-state index contributed by atoms with van der Waals surface area (Å²) in [6.07, 6.45) is 0. The van der Waals surface area contributed by atoms with Gasteiger partial charge in [0, 0.05) is 51.2 Å². The maximum Gasteiger partial charge on any atom is 0.0387 e. The highest BCUT2D eigenvalue weighted by molar-refractivity contribution is 7.80. The van der Waals surface area contributed by atoms with E-state index in [0.29, 0.717) is 6.04 Å². The van der Waals surface area contributed by atoms with Crippen LogP contribution in [-0.4, -0.2) is 63.1 Å². The van der Waals surface area contributed by atoms with Crippen LogP contribution >= 0.6 is 12.6 Å². The average molecular weight is 248 g/mol. The molecule has 0 aliphatic rings. The van der Waals surface area contributed by atoms with Crippen molar-refractivity contribution in [3.8, 4) is 0 Å². The Labute approximate surface area is 106 Å². The van der Waals surface area contributed by atoms with E-state index in [1.54, 1.807) is 0 Å². The third-order valence-electron chi connectivity index (χ3n) is 2.38. The maximum atomic E-state index is 4.14. The standard InChI is InChI=1S/C11H28N4S/c1-11(2)14-6-9-15(7-4-12-3)8-5-13-10-16/h11-14,16H,4-10H2,1-3H3. The predicted molar refractivity (Wildman–Crippen MR) is 75.4 cm³/mol. The van der Waals surface area contributed by atoms with Gasteiger partial charge in [-0.15, -0.1) is 0 Å². The summed E-state index contributed by atoms with van der Waals surface area (Å²) in [5.41, 5.74) is 0. The molecule has 0 aromatic heterocycles. The topological polar surface area (TPSA) is 39.3 Å². The van der Waals surface area contributed by atoms with Gasteiger partial charge in [0.05, 0.1) is 0 Å². The van der Waals surface area contributed by atoms with Gasteiger partial charge in [0.1, 0.15) is 0 Å². The van der Waals surface area contributed by atoms with Gasteiger partial charge in [0.15, 0.2) is 0 Å². The smallest absolute Gasteiger partial charge is 0.0387 e. The minimum absolute atomic E-state index is 0.571. The number of nitrogens with one attached hydrogen (secondary N) is 3. The molecule has 0 heterocycles. The van der Waals surface area contributed by atoms with Crippen LogP contribution < -0.4 is 16.0 Å². The molecule has 5 heteroatoms. The van der Waals surface area contributed by atoms with Crippen molar-refractivity contribution < 1.29 is 0 Å². The average Bonchev–Trinajstić information content (AvgIpc) is 2.25. The van der Waals surface area contributed by atoms with Crippen molar-refractivity contribution in [1.82, 2.24) is 20.9 Å². The molecule has 0 saturated carbocycles. The molecule has 0 atom stereocenters. The lowest BCUT2D eigenvalue weighted by Gasteiger charge is -2.23. The van der Waals surface area contributed by atoms with Gasteiger partial charge in [-0.25, -0.2) is 0 Å². The molecule has 0 amide bonds. The van der Waals surface area contributed by atoms with Crippen molar-refractivity contribution in [2.45, 2.75) is 19.9 Å². The Hall–Kier alpha value is 0.190. The molecule has 0 unspecified atom stereocenters. The van der Waals surface area contributed by atoms with E-state index in [9.17, 15) is 0 Å². The van der Waals surface area contributed by atoms with Crippen LogP contribution in [0.2, 0.25) is 0 Å². The Morgan fingerprint density at radius 1 is 1.06 bits per heavy atom. The van der Waals surface area contributed by atoms with E-state index in [2.05, 4.69) is 47.3 Å². The summed E-state index contributed by atoms with van der Waals surface area (Å²) in [4.78, 5) is 2.46. The molecule has 0 aliphatic carbocycles. The quantitative estimate of drug-likeness (QED) is 0.236. The molecule has 0 aromatic carbocycles. The van der Waals surface area contributed by atoms with Gasteiger partial charge in [0.2, 0.25) is 0 Å². The zero-order valence-corrected chi connectivity index (χ0v) is 11.8. The van der Waals surface area contributed by atoms with Crippen LogP contribution in [0.25, 0.3) is 0 Å². The first-order valence-electron chi connectivity index (χ1n) is 6.12. The van der Waals surface area contributed by atoms with Crippen molar-refractivity contribution >= 4 is 12.6 Å². The minimum Gasteiger partial charge on any atom is -0.318 e. The predicted octanol–water partition coefficient (Wildman–Crippen LogP) is -0.0173. The Bertz CT molecular complexity index is 144. The van der Waals surface area contributed by atoms with Crippen LogP contribution in [-0.2, 0) is 0 Å². The van der Waals surface area contributed by atoms with Crippen molar-refractivity contribution in [1.29, 1.82) is 0 Å². The molecule has 3 N–H and O–H groups in total. The van der Waals surface area contributed by atoms with Crippen LogP contribution in [0.5, 0.6) is 0 Å². The summed E-state index contributed by atoms with van der Waals surface area (Å²) in [5, 5.41) is 9.87. The summed E-state index contributed by atoms with van der Waals surface area (Å²) in [5.74, 6) is 0.754. The highest BCUT2D eigenvalue weighted by Crippen LogP contribution is 1.87. The first-order valence-corrected chi connectivity index (χ1v) is 6.75. The van der Waals surface area contributed by atoms with Gasteiger partial charge >= 0.3 is 0 Å². The van der Waals surface area contributed by atoms with E-state index in [4.69, 9.17) is 0 Å². The van der Waals surface area contributed by atoms with Crippen LogP contribution in [0.3, 0.4) is 0 Å². The van der Waals surface area contributed by atoms with Gasteiger partial charge in [-0.2, -0.15) is 12.6 Å². The fourth-order valence-electron chi connectivity index (χ4n) is 1.43. The third kappa shape index (κ3) is 10.7. The van der Waals surface area contributed by atoms with Crippen molar-refractivity contribution in [3.05, 3.63) is 0 Å². The second-order valence-electron chi connectivity index (χ2n) is 4.21. The Kier molecular flexibility index (Phi) is 11.8. The van der Waals surface area contributed by atoms with Gasteiger partial charge in [-0.05, 0) is 7.05 Å². The lowest BCUT2D eigenvalue weighted by atomic mass is 10.3. The lowest BCUT2D eigenvalue weighted by Crippen LogP contribution is -2.41. The molecule has 16 heavy (non-hydrogen) atoms. The van der Waals surface area contributed by atoms with E-state index >= 15 is 0 Å². The van der Waals surface area contributed by atoms with Crippen LogP contribution in [0.4, 0.5) is 0 Å². The molecule has 0 fully saturated rings. The van der Waals surface area contributed by atoms with Crippen LogP contribution in [0.15, 0.2) is 0 Å². The molecule has 0 rings (SSSR count). The summed E-state index contributed by atoms with van der Waals surface area (Å²) < 4.78 is 0. The second kappa shape index (κ2) is 11.7. The number of nitrogens with zero attached hydrogens (tertiary/aromatic N) is 1. The molecule has 98 valence electrons. The molecule has 0 radical (unpaired) electrons. The Morgan fingerprint density at radius 2 is 1.69 bits per heavy atom.